The van der Waals surface area contributed by atoms with E-state index in [-0.39, 0.29) is 11.5 Å². The van der Waals surface area contributed by atoms with E-state index in [1.54, 1.807) is 0 Å². The summed E-state index contributed by atoms with van der Waals surface area (Å²) in [5, 5.41) is 0.731. The van der Waals surface area contributed by atoms with Gasteiger partial charge in [-0.3, -0.25) is 4.79 Å². The molecule has 0 radical (unpaired) electrons. The summed E-state index contributed by atoms with van der Waals surface area (Å²) < 4.78 is 5.74. The zero-order valence-corrected chi connectivity index (χ0v) is 15.2. The van der Waals surface area contributed by atoms with Gasteiger partial charge in [0.1, 0.15) is 0 Å². The topological polar surface area (TPSA) is 29.5 Å². The van der Waals surface area contributed by atoms with E-state index in [0.29, 0.717) is 0 Å². The molecule has 2 aliphatic rings. The molecule has 4 heteroatoms. The molecule has 2 aromatic carbocycles. The Labute approximate surface area is 153 Å². The van der Waals surface area contributed by atoms with Crippen molar-refractivity contribution in [2.24, 2.45) is 0 Å². The van der Waals surface area contributed by atoms with Gasteiger partial charge in [-0.2, -0.15) is 0 Å². The predicted molar refractivity (Wildman–Crippen MR) is 100 cm³/mol. The van der Waals surface area contributed by atoms with E-state index in [1.807, 2.05) is 54.3 Å². The second kappa shape index (κ2) is 6.47. The van der Waals surface area contributed by atoms with Crippen LogP contribution in [0.5, 0.6) is 0 Å². The van der Waals surface area contributed by atoms with Crippen LogP contribution in [0.15, 0.2) is 42.5 Å². The third kappa shape index (κ3) is 3.19. The van der Waals surface area contributed by atoms with E-state index < -0.39 is 0 Å². The van der Waals surface area contributed by atoms with Crippen LogP contribution in [0, 0.1) is 6.92 Å². The van der Waals surface area contributed by atoms with Gasteiger partial charge in [-0.15, -0.1) is 0 Å². The molecule has 2 heterocycles. The minimum Gasteiger partial charge on any atom is -0.375 e. The van der Waals surface area contributed by atoms with Gasteiger partial charge in [0.05, 0.1) is 12.2 Å². The van der Waals surface area contributed by atoms with Crippen molar-refractivity contribution in [2.75, 3.05) is 19.7 Å². The summed E-state index contributed by atoms with van der Waals surface area (Å²) in [5.41, 5.74) is 4.09. The first-order valence-electron chi connectivity index (χ1n) is 8.86. The Hall–Kier alpha value is -1.84. The highest BCUT2D eigenvalue weighted by molar-refractivity contribution is 6.30. The van der Waals surface area contributed by atoms with Crippen LogP contribution in [0.1, 0.15) is 35.2 Å². The molecule has 2 saturated heterocycles. The van der Waals surface area contributed by atoms with E-state index in [9.17, 15) is 4.79 Å². The van der Waals surface area contributed by atoms with Crippen molar-refractivity contribution in [1.82, 2.24) is 4.90 Å². The third-order valence-electron chi connectivity index (χ3n) is 5.54. The maximum absolute atomic E-state index is 12.9. The summed E-state index contributed by atoms with van der Waals surface area (Å²) in [4.78, 5) is 14.9. The predicted octanol–water partition coefficient (Wildman–Crippen LogP) is 4.71. The molecule has 2 fully saturated rings. The van der Waals surface area contributed by atoms with Crippen molar-refractivity contribution in [3.8, 4) is 11.1 Å². The average Bonchev–Trinajstić information content (AvgIpc) is 2.60. The molecule has 1 amide bonds. The Morgan fingerprint density at radius 3 is 2.52 bits per heavy atom. The average molecular weight is 356 g/mol. The second-order valence-electron chi connectivity index (χ2n) is 7.11. The van der Waals surface area contributed by atoms with Gasteiger partial charge >= 0.3 is 0 Å². The molecule has 1 spiro atoms. The fraction of sp³-hybridized carbons (Fsp3) is 0.381. The quantitative estimate of drug-likeness (QED) is 0.780. The Kier molecular flexibility index (Phi) is 4.30. The number of piperidine rings is 1. The highest BCUT2D eigenvalue weighted by Crippen LogP contribution is 2.37. The number of halogens is 1. The van der Waals surface area contributed by atoms with Crippen LogP contribution in [-0.2, 0) is 4.74 Å². The van der Waals surface area contributed by atoms with Gasteiger partial charge in [-0.25, -0.2) is 0 Å². The maximum Gasteiger partial charge on any atom is 0.253 e. The van der Waals surface area contributed by atoms with Crippen LogP contribution < -0.4 is 0 Å². The fourth-order valence-electron chi connectivity index (χ4n) is 3.86. The molecule has 2 aromatic rings. The van der Waals surface area contributed by atoms with Crippen molar-refractivity contribution in [3.05, 3.63) is 58.6 Å². The zero-order chi connectivity index (χ0) is 17.4. The molecule has 3 nitrogen and oxygen atoms in total. The molecule has 130 valence electrons. The Balaban J connectivity index is 1.54. The van der Waals surface area contributed by atoms with E-state index in [1.165, 1.54) is 0 Å². The highest BCUT2D eigenvalue weighted by Gasteiger charge is 2.42. The molecule has 0 aromatic heterocycles. The van der Waals surface area contributed by atoms with Crippen molar-refractivity contribution >= 4 is 17.5 Å². The normalized spacial score (nSPS) is 18.9. The number of amides is 1. The number of ether oxygens (including phenoxy) is 1. The first kappa shape index (κ1) is 16.6. The van der Waals surface area contributed by atoms with Crippen molar-refractivity contribution in [3.63, 3.8) is 0 Å². The summed E-state index contributed by atoms with van der Waals surface area (Å²) >= 11 is 6.06. The van der Waals surface area contributed by atoms with Crippen LogP contribution >= 0.6 is 11.6 Å². The number of likely N-dealkylation sites (tertiary alicyclic amines) is 1. The summed E-state index contributed by atoms with van der Waals surface area (Å²) in [6, 6.07) is 13.7. The van der Waals surface area contributed by atoms with Crippen molar-refractivity contribution < 1.29 is 9.53 Å². The van der Waals surface area contributed by atoms with Gasteiger partial charge in [-0.1, -0.05) is 29.8 Å². The monoisotopic (exact) mass is 355 g/mol. The smallest absolute Gasteiger partial charge is 0.253 e. The lowest BCUT2D eigenvalue weighted by atomic mass is 9.84. The Morgan fingerprint density at radius 1 is 1.12 bits per heavy atom. The summed E-state index contributed by atoms with van der Waals surface area (Å²) in [6.45, 7) is 4.47. The van der Waals surface area contributed by atoms with E-state index in [0.717, 1.165) is 66.2 Å². The lowest BCUT2D eigenvalue weighted by molar-refractivity contribution is -0.169. The largest absolute Gasteiger partial charge is 0.375 e. The fourth-order valence-corrected chi connectivity index (χ4v) is 4.08. The summed E-state index contributed by atoms with van der Waals surface area (Å²) in [5.74, 6) is 0.114. The molecule has 0 N–H and O–H groups in total. The van der Waals surface area contributed by atoms with Crippen LogP contribution in [0.2, 0.25) is 5.02 Å². The van der Waals surface area contributed by atoms with Gasteiger partial charge in [0, 0.05) is 23.7 Å². The molecule has 0 unspecified atom stereocenters. The first-order valence-corrected chi connectivity index (χ1v) is 9.24. The molecular weight excluding hydrogens is 334 g/mol. The summed E-state index contributed by atoms with van der Waals surface area (Å²) in [7, 11) is 0. The lowest BCUT2D eigenvalue weighted by Gasteiger charge is -2.47. The van der Waals surface area contributed by atoms with Crippen LogP contribution in [0.3, 0.4) is 0 Å². The molecular formula is C21H22ClNO2. The number of rotatable bonds is 2. The maximum atomic E-state index is 12.9. The third-order valence-corrected chi connectivity index (χ3v) is 5.77. The Bertz CT molecular complexity index is 803. The minimum absolute atomic E-state index is 0.0685. The van der Waals surface area contributed by atoms with Gasteiger partial charge in [-0.05, 0) is 67.1 Å². The number of nitrogens with zero attached hydrogens (tertiary/aromatic N) is 1. The second-order valence-corrected chi connectivity index (χ2v) is 7.55. The highest BCUT2D eigenvalue weighted by atomic mass is 35.5. The lowest BCUT2D eigenvalue weighted by Crippen LogP contribution is -2.53. The van der Waals surface area contributed by atoms with Gasteiger partial charge in [0.25, 0.3) is 5.91 Å². The van der Waals surface area contributed by atoms with Gasteiger partial charge in [0.2, 0.25) is 0 Å². The minimum atomic E-state index is 0.0685. The van der Waals surface area contributed by atoms with Crippen LogP contribution in [-0.4, -0.2) is 36.1 Å². The first-order chi connectivity index (χ1) is 12.1. The van der Waals surface area contributed by atoms with Gasteiger partial charge < -0.3 is 9.64 Å². The molecule has 4 rings (SSSR count). The number of aryl methyl sites for hydroxylation is 1. The van der Waals surface area contributed by atoms with E-state index in [4.69, 9.17) is 16.3 Å². The number of benzene rings is 2. The standard InChI is InChI=1S/C21H22ClNO2/c1-15-13-18(22)5-6-19(15)16-3-2-4-17(14-16)20(24)23-10-7-21(8-11-23)9-12-25-21/h2-6,13-14H,7-12H2,1H3. The zero-order valence-electron chi connectivity index (χ0n) is 14.4. The molecule has 0 bridgehead atoms. The molecule has 2 aliphatic heterocycles. The van der Waals surface area contributed by atoms with E-state index in [2.05, 4.69) is 0 Å². The SMILES string of the molecule is Cc1cc(Cl)ccc1-c1cccc(C(=O)N2CCC3(CCO3)CC2)c1. The number of hydrogen-bond acceptors (Lipinski definition) is 2. The van der Waals surface area contributed by atoms with Crippen molar-refractivity contribution in [2.45, 2.75) is 31.8 Å². The molecule has 0 saturated carbocycles. The summed E-state index contributed by atoms with van der Waals surface area (Å²) in [6.07, 6.45) is 3.05. The van der Waals surface area contributed by atoms with Crippen molar-refractivity contribution in [1.29, 1.82) is 0 Å². The Morgan fingerprint density at radius 2 is 1.88 bits per heavy atom. The molecule has 25 heavy (non-hydrogen) atoms. The number of hydrogen-bond donors (Lipinski definition) is 0. The molecule has 0 aliphatic carbocycles. The van der Waals surface area contributed by atoms with Crippen LogP contribution in [0.4, 0.5) is 0 Å². The number of carbonyl (C=O) groups is 1. The van der Waals surface area contributed by atoms with Crippen LogP contribution in [0.25, 0.3) is 11.1 Å². The van der Waals surface area contributed by atoms with E-state index >= 15 is 0 Å². The molecule has 0 atom stereocenters. The van der Waals surface area contributed by atoms with Gasteiger partial charge in [0.15, 0.2) is 0 Å². The number of carbonyl (C=O) groups excluding carboxylic acids is 1.